The van der Waals surface area contributed by atoms with Gasteiger partial charge in [0.25, 0.3) is 0 Å². The Morgan fingerprint density at radius 3 is 0.947 bits per heavy atom. The van der Waals surface area contributed by atoms with Gasteiger partial charge in [-0.25, -0.2) is 0 Å². The van der Waals surface area contributed by atoms with Crippen LogP contribution >= 0.6 is 0 Å². The summed E-state index contributed by atoms with van der Waals surface area (Å²) in [5, 5.41) is 23.3. The average Bonchev–Trinajstić information content (AvgIpc) is 3.41. The number of hydrogen-bond acceptors (Lipinski definition) is 5. The van der Waals surface area contributed by atoms with Crippen LogP contribution in [0.1, 0.15) is 380 Å². The lowest BCUT2D eigenvalue weighted by Gasteiger charge is -2.22. The van der Waals surface area contributed by atoms with Crippen LogP contribution in [0.5, 0.6) is 0 Å². The van der Waals surface area contributed by atoms with E-state index < -0.39 is 12.1 Å². The lowest BCUT2D eigenvalue weighted by atomic mass is 10.0. The number of esters is 1. The van der Waals surface area contributed by atoms with Crippen molar-refractivity contribution in [1.29, 1.82) is 0 Å². The Morgan fingerprint density at radius 2 is 0.627 bits per heavy atom. The molecule has 0 aromatic heterocycles. The number of unbranched alkanes of at least 4 members (excludes halogenated alkanes) is 49. The highest BCUT2D eigenvalue weighted by molar-refractivity contribution is 5.76. The van der Waals surface area contributed by atoms with Crippen LogP contribution in [-0.2, 0) is 14.3 Å². The highest BCUT2D eigenvalue weighted by atomic mass is 16.5. The zero-order valence-corrected chi connectivity index (χ0v) is 50.8. The molecule has 2 atom stereocenters. The van der Waals surface area contributed by atoms with Crippen molar-refractivity contribution < 1.29 is 24.5 Å². The second kappa shape index (κ2) is 64.9. The molecule has 0 aliphatic heterocycles. The Bertz CT molecular complexity index is 1170. The van der Waals surface area contributed by atoms with Crippen molar-refractivity contribution in [2.45, 2.75) is 392 Å². The van der Waals surface area contributed by atoms with Gasteiger partial charge in [-0.2, -0.15) is 0 Å². The summed E-state index contributed by atoms with van der Waals surface area (Å²) < 4.78 is 5.48. The summed E-state index contributed by atoms with van der Waals surface area (Å²) >= 11 is 0. The van der Waals surface area contributed by atoms with Crippen LogP contribution in [0.25, 0.3) is 0 Å². The fourth-order valence-electron chi connectivity index (χ4n) is 10.7. The van der Waals surface area contributed by atoms with Crippen LogP contribution in [0.2, 0.25) is 0 Å². The van der Waals surface area contributed by atoms with Gasteiger partial charge in [-0.1, -0.05) is 314 Å². The summed E-state index contributed by atoms with van der Waals surface area (Å²) in [5.74, 6) is -0.0242. The molecule has 0 aliphatic carbocycles. The van der Waals surface area contributed by atoms with Crippen molar-refractivity contribution in [2.24, 2.45) is 0 Å². The molecule has 0 rings (SSSR count). The Kier molecular flexibility index (Phi) is 63.4. The van der Waals surface area contributed by atoms with Gasteiger partial charge in [0.15, 0.2) is 0 Å². The highest BCUT2D eigenvalue weighted by Crippen LogP contribution is 2.18. The van der Waals surface area contributed by atoms with Crippen molar-refractivity contribution in [1.82, 2.24) is 5.32 Å². The number of aliphatic hydroxyl groups excluding tert-OH is 2. The normalized spacial score (nSPS) is 12.6. The van der Waals surface area contributed by atoms with Gasteiger partial charge in [-0.05, 0) is 77.0 Å². The Labute approximate surface area is 469 Å². The number of carbonyl (C=O) groups excluding carboxylic acids is 2. The SMILES string of the molecule is CCCCCCC/C=C\CCCCCCCC(=O)OCCCCCCCCCCCCCC/C=C\CCCCCCCCCCCCCCC(=O)NC(CO)C(O)CCCCCCCCCCCCCCCCCC. The van der Waals surface area contributed by atoms with Crippen LogP contribution < -0.4 is 5.32 Å². The summed E-state index contributed by atoms with van der Waals surface area (Å²) in [6.07, 6.45) is 80.7. The lowest BCUT2D eigenvalue weighted by Crippen LogP contribution is -2.45. The maximum atomic E-state index is 12.5. The second-order valence-corrected chi connectivity index (χ2v) is 23.5. The second-order valence-electron chi connectivity index (χ2n) is 23.5. The van der Waals surface area contributed by atoms with Crippen molar-refractivity contribution in [3.8, 4) is 0 Å². The smallest absolute Gasteiger partial charge is 0.305 e. The van der Waals surface area contributed by atoms with Crippen molar-refractivity contribution in [3.05, 3.63) is 24.3 Å². The highest BCUT2D eigenvalue weighted by Gasteiger charge is 2.20. The van der Waals surface area contributed by atoms with E-state index in [2.05, 4.69) is 43.5 Å². The molecule has 0 spiro atoms. The van der Waals surface area contributed by atoms with Gasteiger partial charge < -0.3 is 20.3 Å². The predicted molar refractivity (Wildman–Crippen MR) is 329 cm³/mol. The number of amides is 1. The van der Waals surface area contributed by atoms with Crippen LogP contribution in [0.15, 0.2) is 24.3 Å². The van der Waals surface area contributed by atoms with Gasteiger partial charge in [0, 0.05) is 12.8 Å². The van der Waals surface area contributed by atoms with Crippen LogP contribution in [-0.4, -0.2) is 47.4 Å². The van der Waals surface area contributed by atoms with Crippen molar-refractivity contribution in [2.75, 3.05) is 13.2 Å². The molecule has 6 nitrogen and oxygen atoms in total. The molecule has 444 valence electrons. The number of allylic oxidation sites excluding steroid dienone is 4. The third-order valence-electron chi connectivity index (χ3n) is 16.0. The number of nitrogens with one attached hydrogen (secondary N) is 1. The van der Waals surface area contributed by atoms with Crippen molar-refractivity contribution in [3.63, 3.8) is 0 Å². The van der Waals surface area contributed by atoms with Gasteiger partial charge in [0.2, 0.25) is 5.91 Å². The first-order valence-electron chi connectivity index (χ1n) is 34.1. The minimum atomic E-state index is -0.664. The molecule has 75 heavy (non-hydrogen) atoms. The molecule has 0 aromatic carbocycles. The molecule has 0 fully saturated rings. The van der Waals surface area contributed by atoms with E-state index in [0.717, 1.165) is 44.9 Å². The molecule has 3 N–H and O–H groups in total. The summed E-state index contributed by atoms with van der Waals surface area (Å²) in [5.41, 5.74) is 0. The maximum absolute atomic E-state index is 12.5. The topological polar surface area (TPSA) is 95.9 Å². The molecule has 0 heterocycles. The first kappa shape index (κ1) is 73.3. The van der Waals surface area contributed by atoms with Gasteiger partial charge in [0.1, 0.15) is 0 Å². The van der Waals surface area contributed by atoms with E-state index in [1.807, 2.05) is 0 Å². The number of ether oxygens (including phenoxy) is 1. The Balaban J connectivity index is 3.37. The van der Waals surface area contributed by atoms with Gasteiger partial charge >= 0.3 is 5.97 Å². The molecular formula is C69H133NO5. The number of aliphatic hydroxyl groups is 2. The maximum Gasteiger partial charge on any atom is 0.305 e. The fraction of sp³-hybridized carbons (Fsp3) is 0.913. The van der Waals surface area contributed by atoms with Crippen molar-refractivity contribution >= 4 is 11.9 Å². The molecular weight excluding hydrogens is 923 g/mol. The quantitative estimate of drug-likeness (QED) is 0.0320. The fourth-order valence-corrected chi connectivity index (χ4v) is 10.7. The number of carbonyl (C=O) groups is 2. The third kappa shape index (κ3) is 61.4. The largest absolute Gasteiger partial charge is 0.466 e. The van der Waals surface area contributed by atoms with Gasteiger partial charge in [-0.3, -0.25) is 9.59 Å². The summed E-state index contributed by atoms with van der Waals surface area (Å²) in [7, 11) is 0. The molecule has 0 saturated carbocycles. The molecule has 0 radical (unpaired) electrons. The van der Waals surface area contributed by atoms with Gasteiger partial charge in [-0.15, -0.1) is 0 Å². The standard InChI is InChI=1S/C69H133NO5/c1-3-5-7-9-11-13-15-17-19-34-37-41-45-49-53-57-61-67(72)66(65-71)70-68(73)62-58-54-50-46-42-38-35-32-30-28-26-24-22-20-21-23-25-27-29-31-33-36-40-44-48-52-56-60-64-75-69(74)63-59-55-51-47-43-39-18-16-14-12-10-8-6-4-2/h16,18,20-21,66-67,71-72H,3-15,17,19,22-65H2,1-2H3,(H,70,73)/b18-16-,21-20-. The summed E-state index contributed by atoms with van der Waals surface area (Å²) in [6, 6.07) is -0.541. The molecule has 0 aromatic rings. The minimum Gasteiger partial charge on any atom is -0.466 e. The Hall–Kier alpha value is -1.66. The van der Waals surface area contributed by atoms with Crippen LogP contribution in [0.4, 0.5) is 0 Å². The zero-order valence-electron chi connectivity index (χ0n) is 50.8. The lowest BCUT2D eigenvalue weighted by molar-refractivity contribution is -0.143. The molecule has 0 saturated heterocycles. The average molecular weight is 1060 g/mol. The molecule has 6 heteroatoms. The first-order valence-corrected chi connectivity index (χ1v) is 34.1. The number of hydrogen-bond donors (Lipinski definition) is 3. The van der Waals surface area contributed by atoms with E-state index in [9.17, 15) is 19.8 Å². The number of rotatable bonds is 64. The summed E-state index contributed by atoms with van der Waals surface area (Å²) in [4.78, 5) is 24.6. The third-order valence-corrected chi connectivity index (χ3v) is 16.0. The van der Waals surface area contributed by atoms with E-state index in [4.69, 9.17) is 4.74 Å². The minimum absolute atomic E-state index is 0.00782. The van der Waals surface area contributed by atoms with Crippen LogP contribution in [0, 0.1) is 0 Å². The van der Waals surface area contributed by atoms with E-state index in [1.165, 1.54) is 302 Å². The van der Waals surface area contributed by atoms with E-state index in [-0.39, 0.29) is 18.5 Å². The van der Waals surface area contributed by atoms with E-state index in [1.54, 1.807) is 0 Å². The molecule has 0 bridgehead atoms. The molecule has 1 amide bonds. The van der Waals surface area contributed by atoms with E-state index in [0.29, 0.717) is 25.9 Å². The molecule has 2 unspecified atom stereocenters. The first-order chi connectivity index (χ1) is 37.0. The predicted octanol–water partition coefficient (Wildman–Crippen LogP) is 21.8. The molecule has 0 aliphatic rings. The van der Waals surface area contributed by atoms with Crippen LogP contribution in [0.3, 0.4) is 0 Å². The Morgan fingerprint density at radius 1 is 0.360 bits per heavy atom. The monoisotopic (exact) mass is 1060 g/mol. The summed E-state index contributed by atoms with van der Waals surface area (Å²) in [6.45, 7) is 4.97. The zero-order chi connectivity index (χ0) is 54.3. The van der Waals surface area contributed by atoms with Gasteiger partial charge in [0.05, 0.1) is 25.4 Å². The van der Waals surface area contributed by atoms with E-state index >= 15 is 0 Å².